The van der Waals surface area contributed by atoms with Crippen molar-refractivity contribution in [1.82, 2.24) is 0 Å². The summed E-state index contributed by atoms with van der Waals surface area (Å²) in [7, 11) is 1.51. The third-order valence-electron chi connectivity index (χ3n) is 2.70. The van der Waals surface area contributed by atoms with E-state index in [9.17, 15) is 9.59 Å². The first-order valence-electron chi connectivity index (χ1n) is 5.45. The summed E-state index contributed by atoms with van der Waals surface area (Å²) in [5, 5.41) is 11.5. The topological polar surface area (TPSA) is 75.6 Å². The lowest BCUT2D eigenvalue weighted by Crippen LogP contribution is -2.03. The Labute approximate surface area is 104 Å². The Bertz CT molecular complexity index is 534. The van der Waals surface area contributed by atoms with E-state index < -0.39 is 5.97 Å². The van der Waals surface area contributed by atoms with Gasteiger partial charge in [0.15, 0.2) is 0 Å². The molecule has 1 aliphatic heterocycles. The van der Waals surface area contributed by atoms with Gasteiger partial charge in [0, 0.05) is 18.9 Å². The van der Waals surface area contributed by atoms with Gasteiger partial charge in [-0.15, -0.1) is 0 Å². The second-order valence-electron chi connectivity index (χ2n) is 4.04. The number of ether oxygens (including phenoxy) is 1. The molecule has 1 aliphatic rings. The van der Waals surface area contributed by atoms with E-state index in [0.29, 0.717) is 12.0 Å². The lowest BCUT2D eigenvalue weighted by atomic mass is 10.0. The molecule has 5 nitrogen and oxygen atoms in total. The number of carbonyl (C=O) groups excluding carboxylic acids is 1. The van der Waals surface area contributed by atoms with Crippen molar-refractivity contribution < 1.29 is 19.4 Å². The normalized spacial score (nSPS) is 14.3. The maximum absolute atomic E-state index is 11.2. The predicted octanol–water partition coefficient (Wildman–Crippen LogP) is 1.30. The molecular weight excluding hydrogens is 234 g/mol. The largest absolute Gasteiger partial charge is 0.478 e. The van der Waals surface area contributed by atoms with E-state index in [1.165, 1.54) is 7.11 Å². The average Bonchev–Trinajstić information content (AvgIpc) is 2.66. The lowest BCUT2D eigenvalue weighted by Gasteiger charge is -2.07. The number of fused-ring (bicyclic) bond motifs is 1. The van der Waals surface area contributed by atoms with Gasteiger partial charge in [-0.1, -0.05) is 6.07 Å². The van der Waals surface area contributed by atoms with Crippen molar-refractivity contribution in [3.63, 3.8) is 0 Å². The molecule has 0 saturated carbocycles. The highest BCUT2D eigenvalue weighted by Gasteiger charge is 2.18. The molecular formula is C13H13NO4. The quantitative estimate of drug-likeness (QED) is 0.786. The van der Waals surface area contributed by atoms with Gasteiger partial charge in [-0.3, -0.25) is 4.79 Å². The number of rotatable bonds is 4. The van der Waals surface area contributed by atoms with Crippen LogP contribution in [0.1, 0.15) is 11.1 Å². The Hall–Kier alpha value is -2.14. The van der Waals surface area contributed by atoms with Gasteiger partial charge >= 0.3 is 5.97 Å². The molecule has 0 aromatic heterocycles. The number of carbonyl (C=O) groups is 2. The van der Waals surface area contributed by atoms with Crippen molar-refractivity contribution in [3.05, 3.63) is 35.4 Å². The summed E-state index contributed by atoms with van der Waals surface area (Å²) in [6.45, 7) is 0.215. The summed E-state index contributed by atoms with van der Waals surface area (Å²) in [5.41, 5.74) is 3.00. The lowest BCUT2D eigenvalue weighted by molar-refractivity contribution is -0.131. The van der Waals surface area contributed by atoms with Crippen molar-refractivity contribution in [2.45, 2.75) is 6.42 Å². The van der Waals surface area contributed by atoms with Crippen LogP contribution < -0.4 is 5.32 Å². The molecule has 1 aromatic carbocycles. The SMILES string of the molecule is COC/C(=C\C(=O)O)c1ccc2c(c1)CC(=O)N2. The third kappa shape index (κ3) is 2.57. The molecule has 2 N–H and O–H groups in total. The van der Waals surface area contributed by atoms with Gasteiger partial charge in [0.1, 0.15) is 0 Å². The molecule has 0 saturated heterocycles. The molecule has 18 heavy (non-hydrogen) atoms. The Morgan fingerprint density at radius 3 is 3.00 bits per heavy atom. The Balaban J connectivity index is 2.35. The van der Waals surface area contributed by atoms with Gasteiger partial charge in [0.2, 0.25) is 5.91 Å². The molecule has 0 unspecified atom stereocenters. The van der Waals surface area contributed by atoms with Gasteiger partial charge in [-0.2, -0.15) is 0 Å². The van der Waals surface area contributed by atoms with Crippen LogP contribution in [-0.2, 0) is 20.7 Å². The summed E-state index contributed by atoms with van der Waals surface area (Å²) in [5.74, 6) is -1.06. The zero-order chi connectivity index (χ0) is 13.1. The highest BCUT2D eigenvalue weighted by atomic mass is 16.5. The van der Waals surface area contributed by atoms with Crippen LogP contribution in [0.5, 0.6) is 0 Å². The summed E-state index contributed by atoms with van der Waals surface area (Å²) >= 11 is 0. The van der Waals surface area contributed by atoms with E-state index in [4.69, 9.17) is 9.84 Å². The summed E-state index contributed by atoms with van der Waals surface area (Å²) in [6, 6.07) is 5.38. The fourth-order valence-corrected chi connectivity index (χ4v) is 1.94. The number of aliphatic carboxylic acids is 1. The first kappa shape index (κ1) is 12.3. The Morgan fingerprint density at radius 2 is 2.33 bits per heavy atom. The second-order valence-corrected chi connectivity index (χ2v) is 4.04. The standard InChI is InChI=1S/C13H13NO4/c1-18-7-10(6-13(16)17)8-2-3-11-9(4-8)5-12(15)14-11/h2-4,6H,5,7H2,1H3,(H,14,15)(H,16,17)/b10-6+. The number of methoxy groups -OCH3 is 1. The van der Waals surface area contributed by atoms with E-state index in [0.717, 1.165) is 22.9 Å². The maximum Gasteiger partial charge on any atom is 0.328 e. The van der Waals surface area contributed by atoms with Crippen LogP contribution in [0.3, 0.4) is 0 Å². The molecule has 1 heterocycles. The fraction of sp³-hybridized carbons (Fsp3) is 0.231. The van der Waals surface area contributed by atoms with Crippen molar-refractivity contribution in [3.8, 4) is 0 Å². The van der Waals surface area contributed by atoms with Gasteiger partial charge in [-0.05, 0) is 28.8 Å². The van der Waals surface area contributed by atoms with Gasteiger partial charge in [-0.25, -0.2) is 4.79 Å². The molecule has 2 rings (SSSR count). The van der Waals surface area contributed by atoms with Crippen LogP contribution in [0.4, 0.5) is 5.69 Å². The minimum atomic E-state index is -1.02. The van der Waals surface area contributed by atoms with Crippen LogP contribution in [0.2, 0.25) is 0 Å². The van der Waals surface area contributed by atoms with Gasteiger partial charge in [0.25, 0.3) is 0 Å². The molecule has 0 aliphatic carbocycles. The van der Waals surface area contributed by atoms with E-state index in [1.54, 1.807) is 12.1 Å². The van der Waals surface area contributed by atoms with Crippen LogP contribution in [0.15, 0.2) is 24.3 Å². The van der Waals surface area contributed by atoms with Crippen LogP contribution in [-0.4, -0.2) is 30.7 Å². The minimum Gasteiger partial charge on any atom is -0.478 e. The zero-order valence-electron chi connectivity index (χ0n) is 9.90. The molecule has 1 amide bonds. The zero-order valence-corrected chi connectivity index (χ0v) is 9.90. The smallest absolute Gasteiger partial charge is 0.328 e. The van der Waals surface area contributed by atoms with Crippen molar-refractivity contribution in [2.75, 3.05) is 19.0 Å². The average molecular weight is 247 g/mol. The molecule has 0 spiro atoms. The van der Waals surface area contributed by atoms with E-state index in [1.807, 2.05) is 6.07 Å². The maximum atomic E-state index is 11.2. The van der Waals surface area contributed by atoms with E-state index in [-0.39, 0.29) is 12.5 Å². The highest BCUT2D eigenvalue weighted by molar-refractivity contribution is 6.00. The highest BCUT2D eigenvalue weighted by Crippen LogP contribution is 2.27. The van der Waals surface area contributed by atoms with Gasteiger partial charge < -0.3 is 15.2 Å². The monoisotopic (exact) mass is 247 g/mol. The number of nitrogens with one attached hydrogen (secondary N) is 1. The van der Waals surface area contributed by atoms with E-state index in [2.05, 4.69) is 5.32 Å². The first-order chi connectivity index (χ1) is 8.60. The predicted molar refractivity (Wildman–Crippen MR) is 66.3 cm³/mol. The van der Waals surface area contributed by atoms with Crippen molar-refractivity contribution in [2.24, 2.45) is 0 Å². The van der Waals surface area contributed by atoms with Gasteiger partial charge in [0.05, 0.1) is 13.0 Å². The Kier molecular flexibility index (Phi) is 3.43. The number of hydrogen-bond acceptors (Lipinski definition) is 3. The second kappa shape index (κ2) is 5.01. The number of carboxylic acids is 1. The van der Waals surface area contributed by atoms with Crippen LogP contribution in [0.25, 0.3) is 5.57 Å². The minimum absolute atomic E-state index is 0.0438. The summed E-state index contributed by atoms with van der Waals surface area (Å²) in [6.07, 6.45) is 1.45. The summed E-state index contributed by atoms with van der Waals surface area (Å²) in [4.78, 5) is 22.0. The number of carboxylic acid groups (broad SMARTS) is 1. The molecule has 0 fully saturated rings. The van der Waals surface area contributed by atoms with Crippen LogP contribution >= 0.6 is 0 Å². The number of benzene rings is 1. The molecule has 5 heteroatoms. The fourth-order valence-electron chi connectivity index (χ4n) is 1.94. The van der Waals surface area contributed by atoms with Crippen LogP contribution in [0, 0.1) is 0 Å². The molecule has 0 bridgehead atoms. The van der Waals surface area contributed by atoms with Crippen molar-refractivity contribution in [1.29, 1.82) is 0 Å². The van der Waals surface area contributed by atoms with E-state index >= 15 is 0 Å². The number of hydrogen-bond donors (Lipinski definition) is 2. The molecule has 0 radical (unpaired) electrons. The molecule has 1 aromatic rings. The number of anilines is 1. The molecule has 94 valence electrons. The first-order valence-corrected chi connectivity index (χ1v) is 5.45. The molecule has 0 atom stereocenters. The third-order valence-corrected chi connectivity index (χ3v) is 2.70. The number of amides is 1. The Morgan fingerprint density at radius 1 is 1.56 bits per heavy atom. The van der Waals surface area contributed by atoms with Crippen molar-refractivity contribution >= 4 is 23.1 Å². The summed E-state index contributed by atoms with van der Waals surface area (Å²) < 4.78 is 4.99.